The van der Waals surface area contributed by atoms with Gasteiger partial charge >= 0.3 is 0 Å². The molecule has 7 heteroatoms. The Morgan fingerprint density at radius 2 is 1.72 bits per heavy atom. The van der Waals surface area contributed by atoms with Crippen molar-refractivity contribution in [1.29, 1.82) is 0 Å². The number of hydrogen-bond acceptors (Lipinski definition) is 5. The van der Waals surface area contributed by atoms with Gasteiger partial charge in [0, 0.05) is 19.2 Å². The molecule has 1 aromatic carbocycles. The first-order valence-corrected chi connectivity index (χ1v) is 10.1. The summed E-state index contributed by atoms with van der Waals surface area (Å²) in [5.74, 6) is -0.636. The Morgan fingerprint density at radius 1 is 1.10 bits per heavy atom. The average Bonchev–Trinajstić information content (AvgIpc) is 2.65. The van der Waals surface area contributed by atoms with Crippen LogP contribution in [0.2, 0.25) is 0 Å². The van der Waals surface area contributed by atoms with Gasteiger partial charge in [-0.3, -0.25) is 9.59 Å². The van der Waals surface area contributed by atoms with Crippen LogP contribution in [0.3, 0.4) is 0 Å². The Balaban J connectivity index is 2.54. The molecule has 2 N–H and O–H groups in total. The van der Waals surface area contributed by atoms with E-state index in [9.17, 15) is 14.7 Å². The Bertz CT molecular complexity index is 631. The molecule has 1 aromatic rings. The molecule has 0 heterocycles. The first-order chi connectivity index (χ1) is 13.6. The lowest BCUT2D eigenvalue weighted by atomic mass is 10.0. The van der Waals surface area contributed by atoms with Gasteiger partial charge in [-0.1, -0.05) is 31.5 Å². The molecule has 0 aliphatic rings. The first-order valence-electron chi connectivity index (χ1n) is 10.1. The maximum absolute atomic E-state index is 12.8. The summed E-state index contributed by atoms with van der Waals surface area (Å²) in [5, 5.41) is 13.0. The fourth-order valence-electron chi connectivity index (χ4n) is 2.70. The van der Waals surface area contributed by atoms with E-state index < -0.39 is 12.1 Å². The Labute approximate surface area is 174 Å². The van der Waals surface area contributed by atoms with Crippen molar-refractivity contribution in [3.63, 3.8) is 0 Å². The quantitative estimate of drug-likeness (QED) is 0.517. The number of carbonyl (C=O) groups excluding carboxylic acids is 2. The van der Waals surface area contributed by atoms with Crippen LogP contribution in [0, 0.1) is 12.8 Å². The summed E-state index contributed by atoms with van der Waals surface area (Å²) < 4.78 is 10.8. The van der Waals surface area contributed by atoms with E-state index in [-0.39, 0.29) is 37.0 Å². The van der Waals surface area contributed by atoms with Crippen LogP contribution in [-0.4, -0.2) is 73.5 Å². The number of aryl methyl sites for hydroxylation is 1. The normalized spacial score (nSPS) is 13.4. The minimum atomic E-state index is -0.816. The number of rotatable bonds is 12. The molecular formula is C22H36N2O5. The van der Waals surface area contributed by atoms with Gasteiger partial charge in [0.2, 0.25) is 5.91 Å². The summed E-state index contributed by atoms with van der Waals surface area (Å²) in [7, 11) is 1.61. The molecule has 0 radical (unpaired) electrons. The van der Waals surface area contributed by atoms with Crippen molar-refractivity contribution in [3.8, 4) is 0 Å². The molecule has 0 saturated carbocycles. The van der Waals surface area contributed by atoms with Crippen molar-refractivity contribution in [1.82, 2.24) is 10.2 Å². The van der Waals surface area contributed by atoms with Crippen LogP contribution in [-0.2, 0) is 14.3 Å². The average molecular weight is 409 g/mol. The fraction of sp³-hybridized carbons (Fsp3) is 0.636. The molecule has 29 heavy (non-hydrogen) atoms. The fourth-order valence-corrected chi connectivity index (χ4v) is 2.70. The summed E-state index contributed by atoms with van der Waals surface area (Å²) in [6.45, 7) is 10.7. The van der Waals surface area contributed by atoms with Crippen molar-refractivity contribution in [2.45, 2.75) is 52.9 Å². The third kappa shape index (κ3) is 9.39. The maximum Gasteiger partial charge on any atom is 0.251 e. The van der Waals surface area contributed by atoms with Crippen LogP contribution in [0.4, 0.5) is 0 Å². The third-order valence-corrected chi connectivity index (χ3v) is 4.38. The van der Waals surface area contributed by atoms with E-state index in [1.54, 1.807) is 19.2 Å². The number of hydrogen-bond donors (Lipinski definition) is 2. The van der Waals surface area contributed by atoms with E-state index in [0.717, 1.165) is 5.56 Å². The maximum atomic E-state index is 12.8. The summed E-state index contributed by atoms with van der Waals surface area (Å²) >= 11 is 0. The second-order valence-electron chi connectivity index (χ2n) is 7.93. The number of likely N-dealkylation sites (N-methyl/N-ethyl adjacent to an activating group) is 1. The smallest absolute Gasteiger partial charge is 0.251 e. The number of amides is 2. The lowest BCUT2D eigenvalue weighted by Gasteiger charge is -2.28. The third-order valence-electron chi connectivity index (χ3n) is 4.38. The Kier molecular flexibility index (Phi) is 10.9. The van der Waals surface area contributed by atoms with Crippen LogP contribution < -0.4 is 5.32 Å². The highest BCUT2D eigenvalue weighted by atomic mass is 16.5. The number of nitrogens with one attached hydrogen (secondary N) is 1. The van der Waals surface area contributed by atoms with Crippen molar-refractivity contribution in [2.75, 3.05) is 33.4 Å². The highest BCUT2D eigenvalue weighted by molar-refractivity contribution is 5.97. The van der Waals surface area contributed by atoms with Crippen molar-refractivity contribution >= 4 is 11.8 Å². The summed E-state index contributed by atoms with van der Waals surface area (Å²) in [6, 6.07) is 6.51. The van der Waals surface area contributed by atoms with Gasteiger partial charge in [-0.05, 0) is 38.8 Å². The lowest BCUT2D eigenvalue weighted by Crippen LogP contribution is -2.51. The molecule has 164 valence electrons. The standard InChI is InChI=1S/C22H36N2O5/c1-15(2)20(23-21(26)18-9-7-17(5)8-10-18)22(27)24(6)13-19(25)14-28-11-12-29-16(3)4/h7-10,15-16,19-20,25H,11-14H2,1-6H3,(H,23,26)/t19-,20-/m1/s1. The van der Waals surface area contributed by atoms with Crippen LogP contribution in [0.1, 0.15) is 43.6 Å². The molecule has 0 saturated heterocycles. The topological polar surface area (TPSA) is 88.1 Å². The van der Waals surface area contributed by atoms with Crippen LogP contribution >= 0.6 is 0 Å². The molecule has 7 nitrogen and oxygen atoms in total. The zero-order valence-electron chi connectivity index (χ0n) is 18.5. The molecule has 0 aromatic heterocycles. The van der Waals surface area contributed by atoms with E-state index in [4.69, 9.17) is 9.47 Å². The molecule has 0 unspecified atom stereocenters. The molecule has 0 spiro atoms. The monoisotopic (exact) mass is 408 g/mol. The van der Waals surface area contributed by atoms with E-state index in [1.165, 1.54) is 4.90 Å². The second-order valence-corrected chi connectivity index (χ2v) is 7.93. The number of nitrogens with zero attached hydrogens (tertiary/aromatic N) is 1. The molecular weight excluding hydrogens is 372 g/mol. The minimum Gasteiger partial charge on any atom is -0.389 e. The molecule has 0 fully saturated rings. The highest BCUT2D eigenvalue weighted by Crippen LogP contribution is 2.09. The van der Waals surface area contributed by atoms with Crippen molar-refractivity contribution in [3.05, 3.63) is 35.4 Å². The van der Waals surface area contributed by atoms with Gasteiger partial charge in [0.25, 0.3) is 5.91 Å². The van der Waals surface area contributed by atoms with Gasteiger partial charge in [0.05, 0.1) is 32.0 Å². The predicted molar refractivity (Wildman–Crippen MR) is 113 cm³/mol. The SMILES string of the molecule is Cc1ccc(C(=O)N[C@@H](C(=O)N(C)C[C@@H](O)COCCOC(C)C)C(C)C)cc1. The van der Waals surface area contributed by atoms with Gasteiger partial charge < -0.3 is 24.8 Å². The van der Waals surface area contributed by atoms with Crippen LogP contribution in [0.15, 0.2) is 24.3 Å². The Hall–Kier alpha value is -1.96. The van der Waals surface area contributed by atoms with Gasteiger partial charge in [-0.2, -0.15) is 0 Å². The zero-order valence-corrected chi connectivity index (χ0v) is 18.5. The number of aliphatic hydroxyl groups is 1. The van der Waals surface area contributed by atoms with Gasteiger partial charge in [0.1, 0.15) is 6.04 Å². The molecule has 0 aliphatic carbocycles. The molecule has 1 rings (SSSR count). The van der Waals surface area contributed by atoms with Gasteiger partial charge in [-0.25, -0.2) is 0 Å². The van der Waals surface area contributed by atoms with Crippen LogP contribution in [0.25, 0.3) is 0 Å². The Morgan fingerprint density at radius 3 is 2.28 bits per heavy atom. The van der Waals surface area contributed by atoms with Crippen molar-refractivity contribution in [2.24, 2.45) is 5.92 Å². The van der Waals surface area contributed by atoms with Crippen LogP contribution in [0.5, 0.6) is 0 Å². The first kappa shape index (κ1) is 25.1. The van der Waals surface area contributed by atoms with E-state index in [1.807, 2.05) is 46.8 Å². The predicted octanol–water partition coefficient (Wildman–Crippen LogP) is 2.01. The van der Waals surface area contributed by atoms with E-state index in [0.29, 0.717) is 18.8 Å². The van der Waals surface area contributed by atoms with Gasteiger partial charge in [-0.15, -0.1) is 0 Å². The molecule has 2 amide bonds. The summed E-state index contributed by atoms with van der Waals surface area (Å²) in [5.41, 5.74) is 1.57. The highest BCUT2D eigenvalue weighted by Gasteiger charge is 2.28. The van der Waals surface area contributed by atoms with E-state index >= 15 is 0 Å². The van der Waals surface area contributed by atoms with Gasteiger partial charge in [0.15, 0.2) is 0 Å². The number of carbonyl (C=O) groups is 2. The molecule has 0 aliphatic heterocycles. The van der Waals surface area contributed by atoms with Crippen molar-refractivity contribution < 1.29 is 24.2 Å². The number of aliphatic hydroxyl groups excluding tert-OH is 1. The number of benzene rings is 1. The van der Waals surface area contributed by atoms with E-state index in [2.05, 4.69) is 5.32 Å². The summed E-state index contributed by atoms with van der Waals surface area (Å²) in [4.78, 5) is 26.8. The largest absolute Gasteiger partial charge is 0.389 e. The summed E-state index contributed by atoms with van der Waals surface area (Å²) in [6.07, 6.45) is -0.682. The second kappa shape index (κ2) is 12.6. The minimum absolute atomic E-state index is 0.0964. The lowest BCUT2D eigenvalue weighted by molar-refractivity contribution is -0.134. The molecule has 2 atom stereocenters. The number of ether oxygens (including phenoxy) is 2. The molecule has 0 bridgehead atoms. The zero-order chi connectivity index (χ0) is 22.0.